The number of nitrogens with one attached hydrogen (secondary N) is 1. The minimum Gasteiger partial charge on any atom is -0.382 e. The summed E-state index contributed by atoms with van der Waals surface area (Å²) in [5.74, 6) is -1.47. The third-order valence-electron chi connectivity index (χ3n) is 2.23. The first-order chi connectivity index (χ1) is 8.29. The molecule has 2 nitrogen and oxygen atoms in total. The summed E-state index contributed by atoms with van der Waals surface area (Å²) < 4.78 is 61.3. The quantitative estimate of drug-likeness (QED) is 0.633. The molecule has 0 fully saturated rings. The Labute approximate surface area is 100 Å². The monoisotopic (exact) mass is 269 g/mol. The first-order valence-electron chi connectivity index (χ1n) is 5.19. The standard InChI is InChI=1S/C11H12F5NO/c12-8-3-7(4-9(13)5-8)1-2-17-6-10(18)11(14,15)16/h3-5,10,17-18H,1-2,6H2. The van der Waals surface area contributed by atoms with Crippen LogP contribution < -0.4 is 5.32 Å². The third kappa shape index (κ3) is 4.97. The van der Waals surface area contributed by atoms with Crippen LogP contribution in [-0.2, 0) is 6.42 Å². The molecule has 1 rings (SSSR count). The topological polar surface area (TPSA) is 32.3 Å². The van der Waals surface area contributed by atoms with Gasteiger partial charge in [-0.2, -0.15) is 13.2 Å². The molecule has 1 unspecified atom stereocenters. The number of halogens is 5. The smallest absolute Gasteiger partial charge is 0.382 e. The molecule has 0 aliphatic carbocycles. The average molecular weight is 269 g/mol. The summed E-state index contributed by atoms with van der Waals surface area (Å²) in [7, 11) is 0. The van der Waals surface area contributed by atoms with E-state index in [9.17, 15) is 22.0 Å². The summed E-state index contributed by atoms with van der Waals surface area (Å²) in [6.45, 7) is -0.572. The highest BCUT2D eigenvalue weighted by atomic mass is 19.4. The van der Waals surface area contributed by atoms with Crippen molar-refractivity contribution in [3.63, 3.8) is 0 Å². The van der Waals surface area contributed by atoms with Gasteiger partial charge in [-0.05, 0) is 30.7 Å². The number of alkyl halides is 3. The third-order valence-corrected chi connectivity index (χ3v) is 2.23. The van der Waals surface area contributed by atoms with Crippen LogP contribution in [0.2, 0.25) is 0 Å². The van der Waals surface area contributed by atoms with Crippen LogP contribution in [-0.4, -0.2) is 30.5 Å². The van der Waals surface area contributed by atoms with Gasteiger partial charge in [0.25, 0.3) is 0 Å². The highest BCUT2D eigenvalue weighted by Gasteiger charge is 2.37. The van der Waals surface area contributed by atoms with E-state index < -0.39 is 30.5 Å². The molecule has 0 aromatic heterocycles. The van der Waals surface area contributed by atoms with Gasteiger partial charge in [0.05, 0.1) is 0 Å². The molecule has 0 radical (unpaired) electrons. The lowest BCUT2D eigenvalue weighted by Crippen LogP contribution is -2.39. The lowest BCUT2D eigenvalue weighted by Gasteiger charge is -2.14. The zero-order valence-electron chi connectivity index (χ0n) is 9.27. The summed E-state index contributed by atoms with van der Waals surface area (Å²) in [6, 6.07) is 2.92. The van der Waals surface area contributed by atoms with Gasteiger partial charge in [-0.1, -0.05) is 0 Å². The van der Waals surface area contributed by atoms with E-state index in [-0.39, 0.29) is 13.0 Å². The maximum Gasteiger partial charge on any atom is 0.415 e. The molecule has 0 saturated heterocycles. The van der Waals surface area contributed by atoms with Crippen LogP contribution >= 0.6 is 0 Å². The van der Waals surface area contributed by atoms with E-state index >= 15 is 0 Å². The fourth-order valence-electron chi connectivity index (χ4n) is 1.34. The number of hydrogen-bond donors (Lipinski definition) is 2. The van der Waals surface area contributed by atoms with Crippen molar-refractivity contribution < 1.29 is 27.1 Å². The molecule has 1 atom stereocenters. The maximum atomic E-state index is 12.8. The lowest BCUT2D eigenvalue weighted by molar-refractivity contribution is -0.201. The fourth-order valence-corrected chi connectivity index (χ4v) is 1.34. The Kier molecular flexibility index (Phi) is 5.03. The molecule has 0 aliphatic rings. The number of aliphatic hydroxyl groups excluding tert-OH is 1. The van der Waals surface area contributed by atoms with E-state index in [2.05, 4.69) is 5.32 Å². The van der Waals surface area contributed by atoms with Crippen molar-refractivity contribution in [1.82, 2.24) is 5.32 Å². The maximum absolute atomic E-state index is 12.8. The van der Waals surface area contributed by atoms with Crippen LogP contribution in [0.1, 0.15) is 5.56 Å². The second-order valence-corrected chi connectivity index (χ2v) is 3.79. The van der Waals surface area contributed by atoms with E-state index in [1.807, 2.05) is 0 Å². The van der Waals surface area contributed by atoms with Crippen molar-refractivity contribution >= 4 is 0 Å². The summed E-state index contributed by atoms with van der Waals surface area (Å²) in [6.07, 6.45) is -6.95. The van der Waals surface area contributed by atoms with Crippen molar-refractivity contribution in [2.45, 2.75) is 18.7 Å². The molecule has 7 heteroatoms. The Balaban J connectivity index is 2.34. The Bertz CT molecular complexity index is 373. The number of hydrogen-bond acceptors (Lipinski definition) is 2. The molecule has 0 heterocycles. The van der Waals surface area contributed by atoms with Crippen LogP contribution in [0.25, 0.3) is 0 Å². The molecule has 0 bridgehead atoms. The molecular formula is C11H12F5NO. The van der Waals surface area contributed by atoms with Gasteiger partial charge in [0.15, 0.2) is 6.10 Å². The number of rotatable bonds is 5. The van der Waals surface area contributed by atoms with Gasteiger partial charge in [0.2, 0.25) is 0 Å². The second kappa shape index (κ2) is 6.10. The van der Waals surface area contributed by atoms with E-state index in [0.29, 0.717) is 11.6 Å². The van der Waals surface area contributed by atoms with Crippen molar-refractivity contribution in [3.8, 4) is 0 Å². The van der Waals surface area contributed by atoms with Gasteiger partial charge in [-0.3, -0.25) is 0 Å². The zero-order chi connectivity index (χ0) is 13.8. The molecule has 1 aromatic rings. The van der Waals surface area contributed by atoms with Gasteiger partial charge < -0.3 is 10.4 Å². The number of benzene rings is 1. The molecule has 2 N–H and O–H groups in total. The highest BCUT2D eigenvalue weighted by molar-refractivity contribution is 5.18. The van der Waals surface area contributed by atoms with Crippen molar-refractivity contribution in [1.29, 1.82) is 0 Å². The minimum atomic E-state index is -4.67. The highest BCUT2D eigenvalue weighted by Crippen LogP contribution is 2.19. The van der Waals surface area contributed by atoms with Crippen molar-refractivity contribution in [3.05, 3.63) is 35.4 Å². The summed E-state index contributed by atoms with van der Waals surface area (Å²) in [5.41, 5.74) is 0.335. The molecule has 0 amide bonds. The van der Waals surface area contributed by atoms with Crippen LogP contribution in [0.5, 0.6) is 0 Å². The SMILES string of the molecule is OC(CNCCc1cc(F)cc(F)c1)C(F)(F)F. The predicted octanol–water partition coefficient (Wildman–Crippen LogP) is 2.02. The van der Waals surface area contributed by atoms with E-state index in [1.165, 1.54) is 0 Å². The van der Waals surface area contributed by atoms with E-state index in [4.69, 9.17) is 5.11 Å². The first kappa shape index (κ1) is 14.8. The molecular weight excluding hydrogens is 257 g/mol. The Morgan fingerprint density at radius 3 is 2.17 bits per heavy atom. The van der Waals surface area contributed by atoms with Gasteiger partial charge in [0.1, 0.15) is 11.6 Å². The van der Waals surface area contributed by atoms with Crippen molar-refractivity contribution in [2.24, 2.45) is 0 Å². The number of aliphatic hydroxyl groups is 1. The molecule has 102 valence electrons. The van der Waals surface area contributed by atoms with E-state index in [1.54, 1.807) is 0 Å². The van der Waals surface area contributed by atoms with Crippen LogP contribution in [0, 0.1) is 11.6 Å². The molecule has 18 heavy (non-hydrogen) atoms. The molecule has 1 aromatic carbocycles. The second-order valence-electron chi connectivity index (χ2n) is 3.79. The van der Waals surface area contributed by atoms with Gasteiger partial charge in [-0.25, -0.2) is 8.78 Å². The largest absolute Gasteiger partial charge is 0.415 e. The molecule has 0 aliphatic heterocycles. The Morgan fingerprint density at radius 2 is 1.67 bits per heavy atom. The lowest BCUT2D eigenvalue weighted by atomic mass is 10.1. The zero-order valence-corrected chi connectivity index (χ0v) is 9.27. The fraction of sp³-hybridized carbons (Fsp3) is 0.455. The Hall–Kier alpha value is -1.21. The van der Waals surface area contributed by atoms with Crippen molar-refractivity contribution in [2.75, 3.05) is 13.1 Å². The normalized spacial score (nSPS) is 13.7. The van der Waals surface area contributed by atoms with Gasteiger partial charge >= 0.3 is 6.18 Å². The first-order valence-corrected chi connectivity index (χ1v) is 5.19. The molecule has 0 saturated carbocycles. The minimum absolute atomic E-state index is 0.0794. The molecule has 0 spiro atoms. The summed E-state index contributed by atoms with van der Waals surface area (Å²) in [5, 5.41) is 11.0. The van der Waals surface area contributed by atoms with Crippen LogP contribution in [0.15, 0.2) is 18.2 Å². The average Bonchev–Trinajstić information content (AvgIpc) is 2.21. The Morgan fingerprint density at radius 1 is 1.11 bits per heavy atom. The predicted molar refractivity (Wildman–Crippen MR) is 55.0 cm³/mol. The summed E-state index contributed by atoms with van der Waals surface area (Å²) >= 11 is 0. The van der Waals surface area contributed by atoms with Gasteiger partial charge in [-0.15, -0.1) is 0 Å². The van der Waals surface area contributed by atoms with E-state index in [0.717, 1.165) is 12.1 Å². The van der Waals surface area contributed by atoms with Crippen LogP contribution in [0.3, 0.4) is 0 Å². The summed E-state index contributed by atoms with van der Waals surface area (Å²) in [4.78, 5) is 0. The van der Waals surface area contributed by atoms with Gasteiger partial charge in [0, 0.05) is 12.6 Å². The van der Waals surface area contributed by atoms with Crippen LogP contribution in [0.4, 0.5) is 22.0 Å².